The fraction of sp³-hybridized carbons (Fsp3) is 0.615. The fourth-order valence-electron chi connectivity index (χ4n) is 8.46. The molecule has 20 heteroatoms. The highest BCUT2D eigenvalue weighted by molar-refractivity contribution is 7.99. The van der Waals surface area contributed by atoms with Gasteiger partial charge in [-0.05, 0) is 74.8 Å². The molecule has 0 bridgehead atoms. The Morgan fingerprint density at radius 2 is 1.64 bits per heavy atom. The number of sulfonamides is 1. The lowest BCUT2D eigenvalue weighted by atomic mass is 9.85. The van der Waals surface area contributed by atoms with Crippen molar-refractivity contribution in [2.75, 3.05) is 44.2 Å². The third kappa shape index (κ3) is 9.76. The quantitative estimate of drug-likeness (QED) is 0.201. The summed E-state index contributed by atoms with van der Waals surface area (Å²) in [6.45, 7) is 5.27. The molecule has 1 aliphatic carbocycles. The van der Waals surface area contributed by atoms with Gasteiger partial charge in [0.1, 0.15) is 22.9 Å². The van der Waals surface area contributed by atoms with E-state index >= 15 is 0 Å². The number of carbonyl (C=O) groups is 6. The average Bonchev–Trinajstić information content (AvgIpc) is 3.90. The summed E-state index contributed by atoms with van der Waals surface area (Å²) >= 11 is 1.57. The number of piperazine rings is 1. The molecule has 3 aliphatic heterocycles. The molecule has 4 N–H and O–H groups in total. The number of hydrogen-bond donors (Lipinski definition) is 3. The number of carbonyl (C=O) groups excluding carboxylic acids is 6. The molecule has 0 radical (unpaired) electrons. The van der Waals surface area contributed by atoms with Gasteiger partial charge in [-0.3, -0.25) is 28.8 Å². The number of ketones is 1. The van der Waals surface area contributed by atoms with Crippen LogP contribution in [0, 0.1) is 5.92 Å². The number of nitrogens with two attached hydrogens (primary N) is 1. The van der Waals surface area contributed by atoms with Gasteiger partial charge in [-0.25, -0.2) is 18.1 Å². The summed E-state index contributed by atoms with van der Waals surface area (Å²) in [5.41, 5.74) is 2.85. The largest absolute Gasteiger partial charge is 0.384 e. The number of amides is 5. The number of hydrogen-bond acceptors (Lipinski definition) is 12. The fourth-order valence-corrected chi connectivity index (χ4v) is 11.1. The van der Waals surface area contributed by atoms with E-state index in [2.05, 4.69) is 20.6 Å². The number of benzene rings is 1. The van der Waals surface area contributed by atoms with Crippen LogP contribution in [0.5, 0.6) is 0 Å². The van der Waals surface area contributed by atoms with Crippen LogP contribution in [0.25, 0.3) is 0 Å². The number of Topliss-reactive ketones (excluding diaryl/α,β-unsaturated/α-hetero) is 1. The number of aliphatic hydroxyl groups is 1. The monoisotopic (exact) mass is 855 g/mol. The lowest BCUT2D eigenvalue weighted by Gasteiger charge is -2.37. The lowest BCUT2D eigenvalue weighted by molar-refractivity contribution is -0.143. The predicted octanol–water partition coefficient (Wildman–Crippen LogP) is 1.19. The number of likely N-dealkylation sites (tertiary alicyclic amines) is 1. The van der Waals surface area contributed by atoms with Crippen LogP contribution in [0.3, 0.4) is 0 Å². The maximum Gasteiger partial charge on any atom is 0.287 e. The molecule has 320 valence electrons. The number of thioether (sulfide) groups is 1. The van der Waals surface area contributed by atoms with Crippen LogP contribution >= 0.6 is 11.8 Å². The second kappa shape index (κ2) is 18.0. The number of aromatic nitrogens is 3. The second-order valence-corrected chi connectivity index (χ2v) is 19.5. The zero-order valence-electron chi connectivity index (χ0n) is 33.7. The molecule has 4 fully saturated rings. The minimum atomic E-state index is -3.92. The number of nitrogens with one attached hydrogen (secondary N) is 1. The third-order valence-corrected chi connectivity index (χ3v) is 14.8. The zero-order chi connectivity index (χ0) is 42.7. The molecule has 6 rings (SSSR count). The van der Waals surface area contributed by atoms with Crippen LogP contribution in [0.2, 0.25) is 0 Å². The van der Waals surface area contributed by atoms with E-state index in [4.69, 9.17) is 5.73 Å². The Morgan fingerprint density at radius 3 is 2.24 bits per heavy atom. The summed E-state index contributed by atoms with van der Waals surface area (Å²) in [6.07, 6.45) is 6.43. The maximum absolute atomic E-state index is 14.9. The first-order valence-corrected chi connectivity index (χ1v) is 22.7. The number of primary amides is 1. The molecule has 2 aromatic rings. The summed E-state index contributed by atoms with van der Waals surface area (Å²) in [5.74, 6) is -3.33. The van der Waals surface area contributed by atoms with Crippen LogP contribution in [0.15, 0.2) is 40.4 Å². The summed E-state index contributed by atoms with van der Waals surface area (Å²) in [5, 5.41) is 21.9. The van der Waals surface area contributed by atoms with Crippen molar-refractivity contribution in [3.63, 3.8) is 0 Å². The summed E-state index contributed by atoms with van der Waals surface area (Å²) in [4.78, 5) is 87.5. The molecule has 1 aromatic heterocycles. The first-order chi connectivity index (χ1) is 27.9. The zero-order valence-corrected chi connectivity index (χ0v) is 35.3. The Morgan fingerprint density at radius 1 is 1.00 bits per heavy atom. The minimum Gasteiger partial charge on any atom is -0.384 e. The molecule has 3 saturated heterocycles. The summed E-state index contributed by atoms with van der Waals surface area (Å²) < 4.78 is 29.6. The smallest absolute Gasteiger partial charge is 0.287 e. The molecule has 0 unspecified atom stereocenters. The highest BCUT2D eigenvalue weighted by atomic mass is 32.2. The van der Waals surface area contributed by atoms with E-state index in [-0.39, 0.29) is 86.4 Å². The van der Waals surface area contributed by atoms with E-state index in [1.165, 1.54) is 51.3 Å². The van der Waals surface area contributed by atoms with Crippen molar-refractivity contribution < 1.29 is 42.3 Å². The Bertz CT molecular complexity index is 2080. The average molecular weight is 856 g/mol. The molecule has 1 aromatic carbocycles. The van der Waals surface area contributed by atoms with Crippen LogP contribution in [0.1, 0.15) is 101 Å². The van der Waals surface area contributed by atoms with Crippen LogP contribution < -0.4 is 11.1 Å². The number of rotatable bonds is 12. The highest BCUT2D eigenvalue weighted by Gasteiger charge is 2.49. The SMILES string of the molecule is CC(=O)N1CCN(S(=O)(=O)c2ccc(C(=O)/N=C(\CC3CCCCC3)C(=O)N3C[C@@H](n4nncc4C(C)(C)O)C[C@H]3C(=O)NC3(C(=O)C(N)=O)CCSCC3)cc2)CC1. The highest BCUT2D eigenvalue weighted by Crippen LogP contribution is 2.35. The molecule has 2 atom stereocenters. The molecule has 1 saturated carbocycles. The van der Waals surface area contributed by atoms with Gasteiger partial charge in [-0.1, -0.05) is 37.3 Å². The van der Waals surface area contributed by atoms with Crippen molar-refractivity contribution in [1.29, 1.82) is 0 Å². The van der Waals surface area contributed by atoms with Crippen molar-refractivity contribution in [3.8, 4) is 0 Å². The van der Waals surface area contributed by atoms with Gasteiger partial charge < -0.3 is 26.0 Å². The molecule has 0 spiro atoms. The van der Waals surface area contributed by atoms with Gasteiger partial charge in [0.25, 0.3) is 17.7 Å². The Balaban J connectivity index is 1.31. The normalized spacial score (nSPS) is 22.2. The van der Waals surface area contributed by atoms with E-state index in [9.17, 15) is 42.3 Å². The Hall–Kier alpha value is -4.53. The van der Waals surface area contributed by atoms with E-state index in [1.54, 1.807) is 30.5 Å². The first kappa shape index (κ1) is 44.0. The maximum atomic E-state index is 14.9. The van der Waals surface area contributed by atoms with Gasteiger partial charge in [-0.15, -0.1) is 5.10 Å². The topological polar surface area (TPSA) is 248 Å². The van der Waals surface area contributed by atoms with Crippen molar-refractivity contribution in [3.05, 3.63) is 41.7 Å². The third-order valence-electron chi connectivity index (χ3n) is 11.9. The van der Waals surface area contributed by atoms with Crippen molar-refractivity contribution >= 4 is 62.8 Å². The van der Waals surface area contributed by atoms with Crippen molar-refractivity contribution in [2.24, 2.45) is 16.6 Å². The molecular formula is C39H53N9O9S2. The van der Waals surface area contributed by atoms with E-state index < -0.39 is 62.7 Å². The van der Waals surface area contributed by atoms with Crippen molar-refractivity contribution in [2.45, 2.75) is 107 Å². The molecule has 18 nitrogen and oxygen atoms in total. The first-order valence-electron chi connectivity index (χ1n) is 20.1. The minimum absolute atomic E-state index is 0.00397. The predicted molar refractivity (Wildman–Crippen MR) is 216 cm³/mol. The van der Waals surface area contributed by atoms with Gasteiger partial charge >= 0.3 is 0 Å². The standard InChI is InChI=1S/C39H53N9O9S2/c1-25(49)45-15-17-46(18-16-45)59(56,57)29-11-9-27(10-12-29)35(52)42-30(21-26-7-5-4-6-8-26)37(54)47-24-28(48-32(23-41-44-48)38(2,3)55)22-31(47)36(53)43-39(33(50)34(40)51)13-19-58-20-14-39/h9-12,23,26,28,31,55H,4-8,13-22,24H2,1-3H3,(H2,40,51)(H,43,53)/b42-30+/t28-,31-/m0/s1. The number of aliphatic imine (C=N–C) groups is 1. The molecule has 4 aliphatic rings. The van der Waals surface area contributed by atoms with Gasteiger partial charge in [0.15, 0.2) is 0 Å². The van der Waals surface area contributed by atoms with E-state index in [1.807, 2.05) is 0 Å². The molecular weight excluding hydrogens is 803 g/mol. The Labute approximate surface area is 347 Å². The lowest BCUT2D eigenvalue weighted by Crippen LogP contribution is -2.63. The van der Waals surface area contributed by atoms with Crippen LogP contribution in [-0.2, 0) is 39.6 Å². The Kier molecular flexibility index (Phi) is 13.4. The van der Waals surface area contributed by atoms with Crippen LogP contribution in [-0.4, -0.2) is 139 Å². The summed E-state index contributed by atoms with van der Waals surface area (Å²) in [7, 11) is -3.92. The van der Waals surface area contributed by atoms with E-state index in [0.717, 1.165) is 32.1 Å². The van der Waals surface area contributed by atoms with Gasteiger partial charge in [0, 0.05) is 51.6 Å². The molecule has 5 amide bonds. The van der Waals surface area contributed by atoms with Gasteiger partial charge in [-0.2, -0.15) is 16.1 Å². The second-order valence-electron chi connectivity index (χ2n) is 16.4. The van der Waals surface area contributed by atoms with Crippen LogP contribution in [0.4, 0.5) is 0 Å². The van der Waals surface area contributed by atoms with Gasteiger partial charge in [0.05, 0.1) is 22.8 Å². The van der Waals surface area contributed by atoms with Gasteiger partial charge in [0.2, 0.25) is 27.6 Å². The molecule has 4 heterocycles. The number of nitrogens with zero attached hydrogens (tertiary/aromatic N) is 7. The molecule has 59 heavy (non-hydrogen) atoms. The van der Waals surface area contributed by atoms with E-state index in [0.29, 0.717) is 17.2 Å². The summed E-state index contributed by atoms with van der Waals surface area (Å²) in [6, 6.07) is 3.46. The van der Waals surface area contributed by atoms with Crippen molar-refractivity contribution in [1.82, 2.24) is 34.4 Å².